The van der Waals surface area contributed by atoms with Crippen LogP contribution in [0.1, 0.15) is 32.6 Å². The molecule has 2 aliphatic heterocycles. The van der Waals surface area contributed by atoms with Crippen LogP contribution in [0.4, 0.5) is 0 Å². The van der Waals surface area contributed by atoms with Gasteiger partial charge in [0.1, 0.15) is 0 Å². The van der Waals surface area contributed by atoms with Gasteiger partial charge in [-0.2, -0.15) is 0 Å². The van der Waals surface area contributed by atoms with Gasteiger partial charge in [0.25, 0.3) is 0 Å². The van der Waals surface area contributed by atoms with Crippen LogP contribution < -0.4 is 0 Å². The Kier molecular flexibility index (Phi) is 5.26. The van der Waals surface area contributed by atoms with E-state index in [1.807, 2.05) is 0 Å². The second kappa shape index (κ2) is 6.71. The van der Waals surface area contributed by atoms with Crippen molar-refractivity contribution in [2.45, 2.75) is 51.4 Å². The number of likely N-dealkylation sites (tertiary alicyclic amines) is 2. The summed E-state index contributed by atoms with van der Waals surface area (Å²) in [6, 6.07) is 1.45. The largest absolute Gasteiger partial charge is 0.288 e. The first-order chi connectivity index (χ1) is 8.31. The molecule has 0 amide bonds. The van der Waals surface area contributed by atoms with Crippen LogP contribution in [0, 0.1) is 0 Å². The lowest BCUT2D eigenvalue weighted by Crippen LogP contribution is -2.47. The van der Waals surface area contributed by atoms with Gasteiger partial charge in [-0.1, -0.05) is 12.6 Å². The maximum Gasteiger partial charge on any atom is 0.0609 e. The highest BCUT2D eigenvalue weighted by molar-refractivity contribution is 6.62. The van der Waals surface area contributed by atoms with E-state index in [2.05, 4.69) is 35.0 Å². The minimum Gasteiger partial charge on any atom is -0.288 e. The predicted octanol–water partition coefficient (Wildman–Crippen LogP) is 2.48. The topological polar surface area (TPSA) is 6.48 Å². The summed E-state index contributed by atoms with van der Waals surface area (Å²) in [6.45, 7) is 10.1. The third-order valence-electron chi connectivity index (χ3n) is 4.23. The standard InChI is InChI=1S/C14H28N2Si/c1-3-12-17(2)13-14(15-8-4-5-9-15)16-10-6-7-11-16/h3,12,14,17H,4-11,13H2,1-2H3. The Morgan fingerprint density at radius 3 is 1.88 bits per heavy atom. The Balaban J connectivity index is 1.95. The van der Waals surface area contributed by atoms with Gasteiger partial charge in [0, 0.05) is 0 Å². The Bertz CT molecular complexity index is 227. The van der Waals surface area contributed by atoms with Crippen molar-refractivity contribution < 1.29 is 0 Å². The summed E-state index contributed by atoms with van der Waals surface area (Å²) in [5.74, 6) is 0. The fourth-order valence-corrected chi connectivity index (χ4v) is 5.42. The molecule has 0 aromatic carbocycles. The molecule has 1 unspecified atom stereocenters. The van der Waals surface area contributed by atoms with Gasteiger partial charge in [-0.3, -0.25) is 9.80 Å². The van der Waals surface area contributed by atoms with E-state index in [0.29, 0.717) is 0 Å². The molecule has 0 aliphatic carbocycles. The van der Waals surface area contributed by atoms with Gasteiger partial charge in [-0.15, -0.1) is 5.70 Å². The molecule has 17 heavy (non-hydrogen) atoms. The van der Waals surface area contributed by atoms with Crippen molar-refractivity contribution in [1.29, 1.82) is 0 Å². The number of rotatable bonds is 5. The molecule has 0 aromatic heterocycles. The van der Waals surface area contributed by atoms with Gasteiger partial charge in [0.2, 0.25) is 0 Å². The Hall–Kier alpha value is -0.123. The van der Waals surface area contributed by atoms with Crippen molar-refractivity contribution in [2.24, 2.45) is 0 Å². The van der Waals surface area contributed by atoms with E-state index in [1.54, 1.807) is 0 Å². The summed E-state index contributed by atoms with van der Waals surface area (Å²) in [5, 5.41) is 0. The second-order valence-corrected chi connectivity index (χ2v) is 8.52. The van der Waals surface area contributed by atoms with Crippen LogP contribution in [0.25, 0.3) is 0 Å². The van der Waals surface area contributed by atoms with Gasteiger partial charge in [0.15, 0.2) is 0 Å². The maximum atomic E-state index is 2.76. The third-order valence-corrected chi connectivity index (χ3v) is 6.44. The zero-order chi connectivity index (χ0) is 12.1. The fraction of sp³-hybridized carbons (Fsp3) is 0.857. The number of hydrogen-bond donors (Lipinski definition) is 0. The molecule has 2 rings (SSSR count). The van der Waals surface area contributed by atoms with Crippen LogP contribution in [0.15, 0.2) is 11.8 Å². The van der Waals surface area contributed by atoms with Gasteiger partial charge in [-0.05, 0) is 64.8 Å². The molecule has 0 aromatic rings. The van der Waals surface area contributed by atoms with E-state index in [-0.39, 0.29) is 0 Å². The van der Waals surface area contributed by atoms with Crippen LogP contribution in [0.5, 0.6) is 0 Å². The molecule has 2 aliphatic rings. The van der Waals surface area contributed by atoms with Crippen LogP contribution in [0.3, 0.4) is 0 Å². The van der Waals surface area contributed by atoms with E-state index < -0.39 is 8.80 Å². The molecule has 98 valence electrons. The highest BCUT2D eigenvalue weighted by Crippen LogP contribution is 2.23. The molecule has 2 saturated heterocycles. The molecular weight excluding hydrogens is 224 g/mol. The van der Waals surface area contributed by atoms with E-state index in [1.165, 1.54) is 57.9 Å². The van der Waals surface area contributed by atoms with Crippen molar-refractivity contribution in [3.05, 3.63) is 11.8 Å². The van der Waals surface area contributed by atoms with Crippen molar-refractivity contribution in [1.82, 2.24) is 9.80 Å². The van der Waals surface area contributed by atoms with Crippen LogP contribution in [-0.4, -0.2) is 50.9 Å². The van der Waals surface area contributed by atoms with Crippen LogP contribution >= 0.6 is 0 Å². The lowest BCUT2D eigenvalue weighted by Gasteiger charge is -2.36. The summed E-state index contributed by atoms with van der Waals surface area (Å²) in [7, 11) is -0.636. The number of nitrogens with zero attached hydrogens (tertiary/aromatic N) is 2. The van der Waals surface area contributed by atoms with Gasteiger partial charge in [0.05, 0.1) is 15.0 Å². The van der Waals surface area contributed by atoms with E-state index in [4.69, 9.17) is 0 Å². The summed E-state index contributed by atoms with van der Waals surface area (Å²) in [5.41, 5.74) is 2.50. The van der Waals surface area contributed by atoms with Gasteiger partial charge < -0.3 is 0 Å². The molecule has 0 radical (unpaired) electrons. The Morgan fingerprint density at radius 1 is 1.00 bits per heavy atom. The monoisotopic (exact) mass is 252 g/mol. The van der Waals surface area contributed by atoms with Crippen molar-refractivity contribution in [3.63, 3.8) is 0 Å². The van der Waals surface area contributed by atoms with E-state index in [0.717, 1.165) is 6.17 Å². The summed E-state index contributed by atoms with van der Waals surface area (Å²) in [4.78, 5) is 5.52. The molecule has 3 heteroatoms. The summed E-state index contributed by atoms with van der Waals surface area (Å²) >= 11 is 0. The molecule has 0 N–H and O–H groups in total. The first-order valence-electron chi connectivity index (χ1n) is 7.42. The molecule has 2 fully saturated rings. The lowest BCUT2D eigenvalue weighted by molar-refractivity contribution is 0.0945. The lowest BCUT2D eigenvalue weighted by atomic mass is 10.4. The molecule has 2 nitrogen and oxygen atoms in total. The molecule has 0 saturated carbocycles. The Morgan fingerprint density at radius 2 is 1.47 bits per heavy atom. The van der Waals surface area contributed by atoms with Gasteiger partial charge >= 0.3 is 0 Å². The zero-order valence-corrected chi connectivity index (χ0v) is 12.7. The highest BCUT2D eigenvalue weighted by atomic mass is 28.3. The van der Waals surface area contributed by atoms with Crippen molar-refractivity contribution in [3.8, 4) is 0 Å². The summed E-state index contributed by atoms with van der Waals surface area (Å²) < 4.78 is 0. The average molecular weight is 252 g/mol. The van der Waals surface area contributed by atoms with E-state index >= 15 is 0 Å². The minimum absolute atomic E-state index is 0.636. The highest BCUT2D eigenvalue weighted by Gasteiger charge is 2.29. The smallest absolute Gasteiger partial charge is 0.0609 e. The molecular formula is C14H28N2Si. The van der Waals surface area contributed by atoms with E-state index in [9.17, 15) is 0 Å². The average Bonchev–Trinajstić information content (AvgIpc) is 3.00. The van der Waals surface area contributed by atoms with Gasteiger partial charge in [-0.25, -0.2) is 0 Å². The SMILES string of the molecule is CC=C[SiH](C)CC(N1CCCC1)N1CCCC1. The maximum absolute atomic E-state index is 2.76. The summed E-state index contributed by atoms with van der Waals surface area (Å²) in [6.07, 6.45) is 8.72. The number of hydrogen-bond acceptors (Lipinski definition) is 2. The van der Waals surface area contributed by atoms with Crippen LogP contribution in [0.2, 0.25) is 12.6 Å². The quantitative estimate of drug-likeness (QED) is 0.694. The van der Waals surface area contributed by atoms with Crippen LogP contribution in [-0.2, 0) is 0 Å². The third kappa shape index (κ3) is 3.67. The molecule has 0 spiro atoms. The Labute approximate surface area is 108 Å². The first-order valence-corrected chi connectivity index (χ1v) is 10.1. The minimum atomic E-state index is -0.636. The van der Waals surface area contributed by atoms with Crippen molar-refractivity contribution >= 4 is 8.80 Å². The second-order valence-electron chi connectivity index (χ2n) is 5.71. The first kappa shape index (κ1) is 13.3. The number of allylic oxidation sites excluding steroid dienone is 1. The molecule has 2 heterocycles. The van der Waals surface area contributed by atoms with Crippen molar-refractivity contribution in [2.75, 3.05) is 26.2 Å². The normalized spacial score (nSPS) is 25.4. The molecule has 1 atom stereocenters. The molecule has 0 bridgehead atoms. The fourth-order valence-electron chi connectivity index (χ4n) is 3.35. The zero-order valence-electron chi connectivity index (χ0n) is 11.6. The predicted molar refractivity (Wildman–Crippen MR) is 78.0 cm³/mol.